The number of rotatable bonds is 4. The minimum atomic E-state index is -1.01. The van der Waals surface area contributed by atoms with Crippen LogP contribution in [-0.4, -0.2) is 45.0 Å². The number of aryl methyl sites for hydroxylation is 1. The van der Waals surface area contributed by atoms with Gasteiger partial charge in [0.2, 0.25) is 0 Å². The fourth-order valence-corrected chi connectivity index (χ4v) is 3.26. The molecule has 2 aromatic rings. The van der Waals surface area contributed by atoms with Gasteiger partial charge in [0, 0.05) is 43.5 Å². The lowest BCUT2D eigenvalue weighted by molar-refractivity contribution is 0.0516. The highest BCUT2D eigenvalue weighted by Crippen LogP contribution is 2.32. The summed E-state index contributed by atoms with van der Waals surface area (Å²) in [4.78, 5) is 29.4. The molecule has 2 aromatic heterocycles. The second kappa shape index (κ2) is 6.54. The Bertz CT molecular complexity index is 813. The van der Waals surface area contributed by atoms with Crippen molar-refractivity contribution >= 4 is 17.8 Å². The first-order valence-corrected chi connectivity index (χ1v) is 8.09. The Morgan fingerprint density at radius 3 is 2.76 bits per heavy atom. The van der Waals surface area contributed by atoms with Crippen LogP contribution in [0.1, 0.15) is 51.9 Å². The molecule has 0 aliphatic carbocycles. The zero-order valence-electron chi connectivity index (χ0n) is 14.4. The van der Waals surface area contributed by atoms with Gasteiger partial charge in [-0.05, 0) is 19.1 Å². The molecule has 0 saturated carbocycles. The van der Waals surface area contributed by atoms with Crippen LogP contribution in [0.2, 0.25) is 0 Å². The number of esters is 1. The number of aromatic nitrogens is 3. The van der Waals surface area contributed by atoms with Gasteiger partial charge in [-0.25, -0.2) is 14.6 Å². The molecule has 3 heterocycles. The topological polar surface area (TPSA) is 97.6 Å². The SMILES string of the molecule is CCOC(=O)c1nn(C)c2c1CN(c1ccc(C(=O)O)cn1)C[C@H]2C. The molecule has 0 bridgehead atoms. The van der Waals surface area contributed by atoms with E-state index in [-0.39, 0.29) is 11.5 Å². The molecule has 0 unspecified atom stereocenters. The van der Waals surface area contributed by atoms with E-state index in [1.54, 1.807) is 17.7 Å². The van der Waals surface area contributed by atoms with Crippen LogP contribution in [0.25, 0.3) is 0 Å². The molecule has 25 heavy (non-hydrogen) atoms. The van der Waals surface area contributed by atoms with Gasteiger partial charge in [0.05, 0.1) is 12.2 Å². The van der Waals surface area contributed by atoms with Crippen molar-refractivity contribution in [3.63, 3.8) is 0 Å². The van der Waals surface area contributed by atoms with Crippen molar-refractivity contribution in [3.8, 4) is 0 Å². The molecule has 8 heteroatoms. The number of pyridine rings is 1. The molecule has 3 rings (SSSR count). The summed E-state index contributed by atoms with van der Waals surface area (Å²) in [5.41, 5.74) is 2.33. The molecule has 1 N–H and O–H groups in total. The Labute approximate surface area is 145 Å². The van der Waals surface area contributed by atoms with Gasteiger partial charge in [0.25, 0.3) is 0 Å². The normalized spacial score (nSPS) is 16.4. The number of fused-ring (bicyclic) bond motifs is 1. The minimum absolute atomic E-state index is 0.142. The Balaban J connectivity index is 1.94. The molecule has 132 valence electrons. The first-order chi connectivity index (χ1) is 11.9. The van der Waals surface area contributed by atoms with Crippen molar-refractivity contribution in [2.24, 2.45) is 7.05 Å². The van der Waals surface area contributed by atoms with E-state index in [0.29, 0.717) is 31.2 Å². The van der Waals surface area contributed by atoms with E-state index in [2.05, 4.69) is 17.0 Å². The summed E-state index contributed by atoms with van der Waals surface area (Å²) in [6.07, 6.45) is 1.34. The van der Waals surface area contributed by atoms with Gasteiger partial charge in [-0.1, -0.05) is 6.92 Å². The largest absolute Gasteiger partial charge is 0.478 e. The fraction of sp³-hybridized carbons (Fsp3) is 0.412. The van der Waals surface area contributed by atoms with Crippen LogP contribution in [0.3, 0.4) is 0 Å². The van der Waals surface area contributed by atoms with Crippen molar-refractivity contribution in [1.29, 1.82) is 0 Å². The molecule has 0 radical (unpaired) electrons. The van der Waals surface area contributed by atoms with Crippen molar-refractivity contribution < 1.29 is 19.4 Å². The number of hydrogen-bond donors (Lipinski definition) is 1. The van der Waals surface area contributed by atoms with E-state index in [1.807, 2.05) is 11.9 Å². The molecule has 0 saturated heterocycles. The third-order valence-corrected chi connectivity index (χ3v) is 4.29. The summed E-state index contributed by atoms with van der Waals surface area (Å²) in [6, 6.07) is 3.21. The van der Waals surface area contributed by atoms with Crippen LogP contribution >= 0.6 is 0 Å². The van der Waals surface area contributed by atoms with Gasteiger partial charge in [0.15, 0.2) is 5.69 Å². The highest BCUT2D eigenvalue weighted by Gasteiger charge is 2.32. The van der Waals surface area contributed by atoms with E-state index in [1.165, 1.54) is 12.3 Å². The average molecular weight is 344 g/mol. The van der Waals surface area contributed by atoms with E-state index >= 15 is 0 Å². The number of aromatic carboxylic acids is 1. The van der Waals surface area contributed by atoms with Crippen LogP contribution in [0, 0.1) is 0 Å². The van der Waals surface area contributed by atoms with E-state index < -0.39 is 11.9 Å². The summed E-state index contributed by atoms with van der Waals surface area (Å²) < 4.78 is 6.85. The third kappa shape index (κ3) is 3.07. The number of anilines is 1. The van der Waals surface area contributed by atoms with Crippen LogP contribution in [0.5, 0.6) is 0 Å². The molecule has 0 fully saturated rings. The maximum Gasteiger partial charge on any atom is 0.359 e. The monoisotopic (exact) mass is 344 g/mol. The van der Waals surface area contributed by atoms with Crippen LogP contribution in [-0.2, 0) is 18.3 Å². The van der Waals surface area contributed by atoms with E-state index in [0.717, 1.165) is 11.3 Å². The van der Waals surface area contributed by atoms with Gasteiger partial charge in [-0.15, -0.1) is 0 Å². The maximum absolute atomic E-state index is 12.2. The van der Waals surface area contributed by atoms with Crippen molar-refractivity contribution in [2.75, 3.05) is 18.1 Å². The molecule has 0 spiro atoms. The molecule has 1 atom stereocenters. The molecule has 1 aliphatic heterocycles. The maximum atomic E-state index is 12.2. The Hall–Kier alpha value is -2.90. The first-order valence-electron chi connectivity index (χ1n) is 8.09. The number of nitrogens with zero attached hydrogens (tertiary/aromatic N) is 4. The first kappa shape index (κ1) is 16.9. The molecule has 1 aliphatic rings. The lowest BCUT2D eigenvalue weighted by Gasteiger charge is -2.32. The predicted octanol–water partition coefficient (Wildman–Crippen LogP) is 1.81. The summed E-state index contributed by atoms with van der Waals surface area (Å²) in [5.74, 6) is -0.626. The highest BCUT2D eigenvalue weighted by molar-refractivity contribution is 5.89. The standard InChI is InChI=1S/C17H20N4O4/c1-4-25-17(24)14-12-9-21(8-10(2)15(12)20(3)19-14)13-6-5-11(7-18-13)16(22)23/h5-7,10H,4,8-9H2,1-3H3,(H,22,23)/t10-/m1/s1. The Morgan fingerprint density at radius 2 is 2.16 bits per heavy atom. The highest BCUT2D eigenvalue weighted by atomic mass is 16.5. The van der Waals surface area contributed by atoms with Crippen LogP contribution in [0.15, 0.2) is 18.3 Å². The lowest BCUT2D eigenvalue weighted by atomic mass is 9.96. The van der Waals surface area contributed by atoms with E-state index in [4.69, 9.17) is 9.84 Å². The van der Waals surface area contributed by atoms with Crippen LogP contribution in [0.4, 0.5) is 5.82 Å². The Kier molecular flexibility index (Phi) is 4.43. The van der Waals surface area contributed by atoms with Gasteiger partial charge in [0.1, 0.15) is 5.82 Å². The number of ether oxygens (including phenoxy) is 1. The zero-order valence-corrected chi connectivity index (χ0v) is 14.4. The smallest absolute Gasteiger partial charge is 0.359 e. The third-order valence-electron chi connectivity index (χ3n) is 4.29. The number of carbonyl (C=O) groups is 2. The molecule has 0 aromatic carbocycles. The van der Waals surface area contributed by atoms with Gasteiger partial charge in [-0.2, -0.15) is 5.10 Å². The average Bonchev–Trinajstić information content (AvgIpc) is 2.92. The number of carboxylic acids is 1. The molecular formula is C17H20N4O4. The minimum Gasteiger partial charge on any atom is -0.478 e. The summed E-state index contributed by atoms with van der Waals surface area (Å²) in [7, 11) is 1.83. The number of hydrogen-bond acceptors (Lipinski definition) is 6. The summed E-state index contributed by atoms with van der Waals surface area (Å²) >= 11 is 0. The van der Waals surface area contributed by atoms with Crippen LogP contribution < -0.4 is 4.90 Å². The van der Waals surface area contributed by atoms with Crippen molar-refractivity contribution in [1.82, 2.24) is 14.8 Å². The lowest BCUT2D eigenvalue weighted by Crippen LogP contribution is -2.34. The Morgan fingerprint density at radius 1 is 1.40 bits per heavy atom. The van der Waals surface area contributed by atoms with Gasteiger partial charge < -0.3 is 14.7 Å². The second-order valence-electron chi connectivity index (χ2n) is 6.05. The van der Waals surface area contributed by atoms with Gasteiger partial charge in [-0.3, -0.25) is 4.68 Å². The fourth-order valence-electron chi connectivity index (χ4n) is 3.26. The predicted molar refractivity (Wildman–Crippen MR) is 89.8 cm³/mol. The molecule has 0 amide bonds. The molecular weight excluding hydrogens is 324 g/mol. The van der Waals surface area contributed by atoms with Gasteiger partial charge >= 0.3 is 11.9 Å². The van der Waals surface area contributed by atoms with E-state index in [9.17, 15) is 9.59 Å². The zero-order chi connectivity index (χ0) is 18.1. The summed E-state index contributed by atoms with van der Waals surface area (Å²) in [5, 5.41) is 13.3. The second-order valence-corrected chi connectivity index (χ2v) is 6.05. The van der Waals surface area contributed by atoms with Crippen molar-refractivity contribution in [2.45, 2.75) is 26.3 Å². The quantitative estimate of drug-likeness (QED) is 0.845. The summed E-state index contributed by atoms with van der Waals surface area (Å²) in [6.45, 7) is 5.29. The number of carbonyl (C=O) groups excluding carboxylic acids is 1. The molecule has 8 nitrogen and oxygen atoms in total. The number of carboxylic acid groups (broad SMARTS) is 1. The van der Waals surface area contributed by atoms with Crippen molar-refractivity contribution in [3.05, 3.63) is 40.8 Å².